The van der Waals surface area contributed by atoms with Crippen molar-refractivity contribution in [1.82, 2.24) is 20.5 Å². The molecule has 1 saturated heterocycles. The van der Waals surface area contributed by atoms with Crippen molar-refractivity contribution in [3.63, 3.8) is 0 Å². The zero-order valence-corrected chi connectivity index (χ0v) is 14.4. The van der Waals surface area contributed by atoms with Crippen LogP contribution in [0.25, 0.3) is 0 Å². The summed E-state index contributed by atoms with van der Waals surface area (Å²) >= 11 is 0. The van der Waals surface area contributed by atoms with Crippen molar-refractivity contribution in [2.75, 3.05) is 13.1 Å². The minimum Gasteiger partial charge on any atom is -0.352 e. The number of likely N-dealkylation sites (tertiary alicyclic amines) is 1. The van der Waals surface area contributed by atoms with Crippen LogP contribution in [-0.2, 0) is 11.3 Å². The standard InChI is InChI=1S/C18H26N4O2/c1-13(2)21-17(24)22-11-15(18(12-22)6-4-7-18)16(23)20-10-14-5-3-8-19-9-14/h3,5,8-9,13,15H,4,6-7,10-12H2,1-2H3,(H,20,23)(H,21,24). The fourth-order valence-corrected chi connectivity index (χ4v) is 3.78. The van der Waals surface area contributed by atoms with E-state index in [4.69, 9.17) is 0 Å². The van der Waals surface area contributed by atoms with E-state index in [9.17, 15) is 9.59 Å². The van der Waals surface area contributed by atoms with Gasteiger partial charge in [0.25, 0.3) is 0 Å². The van der Waals surface area contributed by atoms with Crippen molar-refractivity contribution < 1.29 is 9.59 Å². The lowest BCUT2D eigenvalue weighted by molar-refractivity contribution is -0.129. The van der Waals surface area contributed by atoms with Crippen LogP contribution < -0.4 is 10.6 Å². The van der Waals surface area contributed by atoms with Crippen LogP contribution >= 0.6 is 0 Å². The van der Waals surface area contributed by atoms with Gasteiger partial charge in [-0.3, -0.25) is 9.78 Å². The Morgan fingerprint density at radius 1 is 1.42 bits per heavy atom. The molecule has 0 radical (unpaired) electrons. The number of urea groups is 1. The normalized spacial score (nSPS) is 21.6. The lowest BCUT2D eigenvalue weighted by Crippen LogP contribution is -2.45. The summed E-state index contributed by atoms with van der Waals surface area (Å²) < 4.78 is 0. The number of aromatic nitrogens is 1. The number of nitrogens with zero attached hydrogens (tertiary/aromatic N) is 2. The molecule has 1 saturated carbocycles. The van der Waals surface area contributed by atoms with E-state index in [1.165, 1.54) is 0 Å². The maximum atomic E-state index is 12.7. The summed E-state index contributed by atoms with van der Waals surface area (Å²) in [4.78, 5) is 30.9. The molecule has 3 rings (SSSR count). The van der Waals surface area contributed by atoms with E-state index in [-0.39, 0.29) is 29.3 Å². The van der Waals surface area contributed by atoms with E-state index in [1.807, 2.05) is 30.9 Å². The van der Waals surface area contributed by atoms with Crippen molar-refractivity contribution in [3.05, 3.63) is 30.1 Å². The van der Waals surface area contributed by atoms with Crippen LogP contribution in [0.2, 0.25) is 0 Å². The molecule has 1 aliphatic carbocycles. The first-order valence-corrected chi connectivity index (χ1v) is 8.72. The third-order valence-electron chi connectivity index (χ3n) is 5.20. The lowest BCUT2D eigenvalue weighted by atomic mass is 9.62. The van der Waals surface area contributed by atoms with E-state index in [0.29, 0.717) is 19.6 Å². The predicted molar refractivity (Wildman–Crippen MR) is 91.1 cm³/mol. The maximum absolute atomic E-state index is 12.7. The Bertz CT molecular complexity index is 598. The molecule has 2 heterocycles. The highest BCUT2D eigenvalue weighted by Gasteiger charge is 2.54. The van der Waals surface area contributed by atoms with Gasteiger partial charge in [0.15, 0.2) is 0 Å². The molecular formula is C18H26N4O2. The SMILES string of the molecule is CC(C)NC(=O)N1CC(C(=O)NCc2cccnc2)C2(CCC2)C1. The van der Waals surface area contributed by atoms with E-state index >= 15 is 0 Å². The number of nitrogens with one attached hydrogen (secondary N) is 2. The molecule has 0 aromatic carbocycles. The van der Waals surface area contributed by atoms with E-state index in [0.717, 1.165) is 24.8 Å². The number of hydrogen-bond acceptors (Lipinski definition) is 3. The monoisotopic (exact) mass is 330 g/mol. The molecule has 6 nitrogen and oxygen atoms in total. The van der Waals surface area contributed by atoms with Gasteiger partial charge in [0.1, 0.15) is 0 Å². The number of carbonyl (C=O) groups excluding carboxylic acids is 2. The fourth-order valence-electron chi connectivity index (χ4n) is 3.78. The molecule has 1 atom stereocenters. The molecule has 1 aromatic rings. The average Bonchev–Trinajstić information content (AvgIpc) is 2.94. The second-order valence-electron chi connectivity index (χ2n) is 7.33. The van der Waals surface area contributed by atoms with Gasteiger partial charge in [0.2, 0.25) is 5.91 Å². The Kier molecular flexibility index (Phi) is 4.73. The van der Waals surface area contributed by atoms with Crippen LogP contribution in [0.3, 0.4) is 0 Å². The molecule has 6 heteroatoms. The summed E-state index contributed by atoms with van der Waals surface area (Å²) in [6, 6.07) is 3.86. The van der Waals surface area contributed by atoms with Gasteiger partial charge in [-0.2, -0.15) is 0 Å². The number of pyridine rings is 1. The highest BCUT2D eigenvalue weighted by molar-refractivity contribution is 5.83. The van der Waals surface area contributed by atoms with Crippen LogP contribution in [-0.4, -0.2) is 41.0 Å². The van der Waals surface area contributed by atoms with Crippen LogP contribution in [0.1, 0.15) is 38.7 Å². The first kappa shape index (κ1) is 16.7. The number of rotatable bonds is 4. The van der Waals surface area contributed by atoms with E-state index < -0.39 is 0 Å². The minimum absolute atomic E-state index is 0.0205. The Labute approximate surface area is 143 Å². The molecule has 1 unspecified atom stereocenters. The van der Waals surface area contributed by atoms with Gasteiger partial charge in [-0.1, -0.05) is 12.5 Å². The second-order valence-corrected chi connectivity index (χ2v) is 7.33. The van der Waals surface area contributed by atoms with Crippen molar-refractivity contribution in [2.45, 2.75) is 45.7 Å². The summed E-state index contributed by atoms with van der Waals surface area (Å²) in [5.74, 6) is -0.0563. The predicted octanol–water partition coefficient (Wildman–Crippen LogP) is 1.92. The Balaban J connectivity index is 1.62. The zero-order valence-electron chi connectivity index (χ0n) is 14.4. The van der Waals surface area contributed by atoms with Gasteiger partial charge in [-0.25, -0.2) is 4.79 Å². The first-order chi connectivity index (χ1) is 11.5. The molecule has 2 aliphatic rings. The lowest BCUT2D eigenvalue weighted by Gasteiger charge is -2.41. The second kappa shape index (κ2) is 6.79. The van der Waals surface area contributed by atoms with Crippen LogP contribution in [0.15, 0.2) is 24.5 Å². The molecule has 130 valence electrons. The number of amides is 3. The molecule has 24 heavy (non-hydrogen) atoms. The largest absolute Gasteiger partial charge is 0.352 e. The van der Waals surface area contributed by atoms with Gasteiger partial charge in [0.05, 0.1) is 5.92 Å². The molecule has 1 aliphatic heterocycles. The zero-order chi connectivity index (χ0) is 17.2. The van der Waals surface area contributed by atoms with Crippen molar-refractivity contribution in [1.29, 1.82) is 0 Å². The third-order valence-corrected chi connectivity index (χ3v) is 5.20. The summed E-state index contributed by atoms with van der Waals surface area (Å²) in [6.45, 7) is 5.59. The smallest absolute Gasteiger partial charge is 0.317 e. The van der Waals surface area contributed by atoms with Gasteiger partial charge in [-0.05, 0) is 38.3 Å². The van der Waals surface area contributed by atoms with Crippen molar-refractivity contribution >= 4 is 11.9 Å². The fraction of sp³-hybridized carbons (Fsp3) is 0.611. The molecule has 2 fully saturated rings. The van der Waals surface area contributed by atoms with Crippen LogP contribution in [0, 0.1) is 11.3 Å². The maximum Gasteiger partial charge on any atom is 0.317 e. The summed E-state index contributed by atoms with van der Waals surface area (Å²) in [5.41, 5.74) is 0.966. The first-order valence-electron chi connectivity index (χ1n) is 8.72. The van der Waals surface area contributed by atoms with Gasteiger partial charge >= 0.3 is 6.03 Å². The van der Waals surface area contributed by atoms with Crippen LogP contribution in [0.4, 0.5) is 4.79 Å². The molecule has 1 aromatic heterocycles. The molecule has 1 spiro atoms. The Morgan fingerprint density at radius 2 is 2.21 bits per heavy atom. The van der Waals surface area contributed by atoms with Gasteiger partial charge < -0.3 is 15.5 Å². The molecule has 0 bridgehead atoms. The van der Waals surface area contributed by atoms with Gasteiger partial charge in [0, 0.05) is 43.5 Å². The summed E-state index contributed by atoms with van der Waals surface area (Å²) in [6.07, 6.45) is 6.69. The summed E-state index contributed by atoms with van der Waals surface area (Å²) in [7, 11) is 0. The molecule has 2 N–H and O–H groups in total. The number of carbonyl (C=O) groups is 2. The van der Waals surface area contributed by atoms with Crippen LogP contribution in [0.5, 0.6) is 0 Å². The Hall–Kier alpha value is -2.11. The quantitative estimate of drug-likeness (QED) is 0.886. The topological polar surface area (TPSA) is 74.3 Å². The highest BCUT2D eigenvalue weighted by Crippen LogP contribution is 2.51. The van der Waals surface area contributed by atoms with E-state index in [2.05, 4.69) is 15.6 Å². The summed E-state index contributed by atoms with van der Waals surface area (Å²) in [5, 5.41) is 5.96. The third kappa shape index (κ3) is 3.37. The highest BCUT2D eigenvalue weighted by atomic mass is 16.2. The average molecular weight is 330 g/mol. The van der Waals surface area contributed by atoms with Crippen molar-refractivity contribution in [2.24, 2.45) is 11.3 Å². The minimum atomic E-state index is -0.110. The Morgan fingerprint density at radius 3 is 2.79 bits per heavy atom. The van der Waals surface area contributed by atoms with Crippen molar-refractivity contribution in [3.8, 4) is 0 Å². The molecule has 3 amide bonds. The van der Waals surface area contributed by atoms with Gasteiger partial charge in [-0.15, -0.1) is 0 Å². The number of hydrogen-bond donors (Lipinski definition) is 2. The van der Waals surface area contributed by atoms with E-state index in [1.54, 1.807) is 12.4 Å². The molecular weight excluding hydrogens is 304 g/mol.